The second kappa shape index (κ2) is 5.74. The number of carbonyl (C=O) groups excluding carboxylic acids is 2. The zero-order chi connectivity index (χ0) is 16.5. The van der Waals surface area contributed by atoms with Crippen LogP contribution in [0.15, 0.2) is 77.8 Å². The number of para-hydroxylation sites is 1. The fourth-order valence-electron chi connectivity index (χ4n) is 2.93. The zero-order valence-corrected chi connectivity index (χ0v) is 12.8. The summed E-state index contributed by atoms with van der Waals surface area (Å²) in [7, 11) is 0. The fraction of sp³-hybridized carbons (Fsp3) is 0.0500. The lowest BCUT2D eigenvalue weighted by atomic mass is 10.1. The number of aliphatic imine (C=N–C) groups is 1. The number of benzene rings is 3. The molecule has 3 aromatic carbocycles. The van der Waals surface area contributed by atoms with Crippen molar-refractivity contribution in [2.45, 2.75) is 6.42 Å². The van der Waals surface area contributed by atoms with Crippen molar-refractivity contribution in [2.24, 2.45) is 4.99 Å². The van der Waals surface area contributed by atoms with Gasteiger partial charge in [-0.3, -0.25) is 9.59 Å². The maximum absolute atomic E-state index is 12.7. The molecule has 0 atom stereocenters. The Kier molecular flexibility index (Phi) is 3.43. The van der Waals surface area contributed by atoms with Gasteiger partial charge in [-0.05, 0) is 23.6 Å². The summed E-state index contributed by atoms with van der Waals surface area (Å²) in [5.41, 5.74) is 1.56. The predicted octanol–water partition coefficient (Wildman–Crippen LogP) is 3.88. The number of imide groups is 1. The minimum absolute atomic E-state index is 0.0248. The molecule has 0 bridgehead atoms. The van der Waals surface area contributed by atoms with Crippen molar-refractivity contribution in [1.29, 1.82) is 0 Å². The van der Waals surface area contributed by atoms with Crippen LogP contribution < -0.4 is 4.90 Å². The van der Waals surface area contributed by atoms with Crippen molar-refractivity contribution >= 4 is 39.7 Å². The predicted molar refractivity (Wildman–Crippen MR) is 94.6 cm³/mol. The summed E-state index contributed by atoms with van der Waals surface area (Å²) < 4.78 is 0. The van der Waals surface area contributed by atoms with E-state index in [4.69, 9.17) is 0 Å². The third-order valence-corrected chi connectivity index (χ3v) is 4.05. The molecule has 0 aliphatic carbocycles. The molecule has 4 nitrogen and oxygen atoms in total. The molecule has 3 aromatic rings. The SMILES string of the molecule is O=C1CC(=Nc2ccccc2)C(=O)N1c1cccc2ccccc12. The van der Waals surface area contributed by atoms with E-state index in [0.717, 1.165) is 10.8 Å². The first-order valence-corrected chi connectivity index (χ1v) is 7.72. The van der Waals surface area contributed by atoms with Crippen molar-refractivity contribution < 1.29 is 9.59 Å². The molecular weight excluding hydrogens is 300 g/mol. The summed E-state index contributed by atoms with van der Waals surface area (Å²) >= 11 is 0. The van der Waals surface area contributed by atoms with Gasteiger partial charge in [0.15, 0.2) is 0 Å². The van der Waals surface area contributed by atoms with Gasteiger partial charge in [0.2, 0.25) is 5.91 Å². The standard InChI is InChI=1S/C20H14N2O2/c23-19-13-17(21-15-9-2-1-3-10-15)20(24)22(19)18-12-6-8-14-7-4-5-11-16(14)18/h1-12H,13H2. The van der Waals surface area contributed by atoms with Crippen LogP contribution in [0.3, 0.4) is 0 Å². The van der Waals surface area contributed by atoms with Gasteiger partial charge in [0.25, 0.3) is 5.91 Å². The monoisotopic (exact) mass is 314 g/mol. The normalized spacial score (nSPS) is 16.3. The Morgan fingerprint density at radius 1 is 0.792 bits per heavy atom. The molecule has 0 N–H and O–H groups in total. The van der Waals surface area contributed by atoms with Crippen LogP contribution in [-0.4, -0.2) is 17.5 Å². The Morgan fingerprint density at radius 2 is 1.50 bits per heavy atom. The molecule has 1 fully saturated rings. The van der Waals surface area contributed by atoms with Crippen LogP contribution in [0, 0.1) is 0 Å². The summed E-state index contributed by atoms with van der Waals surface area (Å²) in [5, 5.41) is 1.87. The van der Waals surface area contributed by atoms with Crippen molar-refractivity contribution in [1.82, 2.24) is 0 Å². The van der Waals surface area contributed by atoms with E-state index in [-0.39, 0.29) is 23.9 Å². The number of rotatable bonds is 2. The molecule has 116 valence electrons. The fourth-order valence-corrected chi connectivity index (χ4v) is 2.93. The number of hydrogen-bond donors (Lipinski definition) is 0. The smallest absolute Gasteiger partial charge is 0.274 e. The molecule has 24 heavy (non-hydrogen) atoms. The minimum atomic E-state index is -0.347. The minimum Gasteiger partial charge on any atom is -0.274 e. The Balaban J connectivity index is 1.78. The van der Waals surface area contributed by atoms with Crippen LogP contribution in [-0.2, 0) is 9.59 Å². The van der Waals surface area contributed by atoms with Crippen LogP contribution in [0.2, 0.25) is 0 Å². The number of fused-ring (bicyclic) bond motifs is 1. The zero-order valence-electron chi connectivity index (χ0n) is 12.8. The second-order valence-electron chi connectivity index (χ2n) is 5.60. The number of nitrogens with zero attached hydrogens (tertiary/aromatic N) is 2. The van der Waals surface area contributed by atoms with E-state index in [9.17, 15) is 9.59 Å². The van der Waals surface area contributed by atoms with E-state index < -0.39 is 0 Å². The third kappa shape index (κ3) is 2.38. The number of hydrogen-bond acceptors (Lipinski definition) is 3. The molecule has 0 spiro atoms. The molecule has 1 heterocycles. The van der Waals surface area contributed by atoms with Crippen LogP contribution >= 0.6 is 0 Å². The second-order valence-corrected chi connectivity index (χ2v) is 5.60. The molecule has 1 saturated heterocycles. The molecular formula is C20H14N2O2. The Bertz CT molecular complexity index is 972. The van der Waals surface area contributed by atoms with Gasteiger partial charge in [-0.25, -0.2) is 9.89 Å². The van der Waals surface area contributed by atoms with Gasteiger partial charge in [0.05, 0.1) is 17.8 Å². The maximum Gasteiger partial charge on any atom is 0.280 e. The molecule has 0 saturated carbocycles. The molecule has 4 heteroatoms. The summed E-state index contributed by atoms with van der Waals surface area (Å²) in [6, 6.07) is 22.5. The third-order valence-electron chi connectivity index (χ3n) is 4.05. The van der Waals surface area contributed by atoms with Gasteiger partial charge in [0, 0.05) is 5.39 Å². The van der Waals surface area contributed by atoms with Gasteiger partial charge in [-0.2, -0.15) is 0 Å². The number of amides is 2. The highest BCUT2D eigenvalue weighted by Gasteiger charge is 2.37. The van der Waals surface area contributed by atoms with Gasteiger partial charge in [-0.1, -0.05) is 54.6 Å². The first-order chi connectivity index (χ1) is 11.7. The van der Waals surface area contributed by atoms with Gasteiger partial charge < -0.3 is 0 Å². The highest BCUT2D eigenvalue weighted by molar-refractivity contribution is 6.57. The Labute approximate surface area is 139 Å². The van der Waals surface area contributed by atoms with Crippen molar-refractivity contribution in [3.63, 3.8) is 0 Å². The van der Waals surface area contributed by atoms with Gasteiger partial charge in [-0.15, -0.1) is 0 Å². The topological polar surface area (TPSA) is 49.7 Å². The quantitative estimate of drug-likeness (QED) is 0.674. The molecule has 0 radical (unpaired) electrons. The summed E-state index contributed by atoms with van der Waals surface area (Å²) in [6.07, 6.45) is 0.0248. The van der Waals surface area contributed by atoms with E-state index in [1.54, 1.807) is 6.07 Å². The van der Waals surface area contributed by atoms with Crippen LogP contribution in [0.25, 0.3) is 10.8 Å². The van der Waals surface area contributed by atoms with Crippen LogP contribution in [0.4, 0.5) is 11.4 Å². The van der Waals surface area contributed by atoms with Crippen molar-refractivity contribution in [3.05, 3.63) is 72.8 Å². The van der Waals surface area contributed by atoms with Gasteiger partial charge in [0.1, 0.15) is 5.71 Å². The molecule has 1 aliphatic rings. The molecule has 1 aliphatic heterocycles. The molecule has 0 aromatic heterocycles. The first-order valence-electron chi connectivity index (χ1n) is 7.72. The summed E-state index contributed by atoms with van der Waals surface area (Å²) in [5.74, 6) is -0.591. The van der Waals surface area contributed by atoms with E-state index in [1.807, 2.05) is 66.7 Å². The number of anilines is 1. The lowest BCUT2D eigenvalue weighted by Gasteiger charge is -2.15. The molecule has 2 amide bonds. The largest absolute Gasteiger partial charge is 0.280 e. The average molecular weight is 314 g/mol. The molecule has 0 unspecified atom stereocenters. The van der Waals surface area contributed by atoms with Crippen molar-refractivity contribution in [2.75, 3.05) is 4.90 Å². The van der Waals surface area contributed by atoms with Gasteiger partial charge >= 0.3 is 0 Å². The summed E-state index contributed by atoms with van der Waals surface area (Å²) in [6.45, 7) is 0. The van der Waals surface area contributed by atoms with E-state index in [1.165, 1.54) is 4.90 Å². The highest BCUT2D eigenvalue weighted by Crippen LogP contribution is 2.30. The first kappa shape index (κ1) is 14.3. The summed E-state index contributed by atoms with van der Waals surface area (Å²) in [4.78, 5) is 30.8. The lowest BCUT2D eigenvalue weighted by molar-refractivity contribution is -0.120. The van der Waals surface area contributed by atoms with E-state index in [0.29, 0.717) is 11.4 Å². The highest BCUT2D eigenvalue weighted by atomic mass is 16.2. The van der Waals surface area contributed by atoms with Crippen molar-refractivity contribution in [3.8, 4) is 0 Å². The number of carbonyl (C=O) groups is 2. The van der Waals surface area contributed by atoms with Crippen LogP contribution in [0.5, 0.6) is 0 Å². The van der Waals surface area contributed by atoms with E-state index in [2.05, 4.69) is 4.99 Å². The molecule has 4 rings (SSSR count). The average Bonchev–Trinajstić information content (AvgIpc) is 2.89. The van der Waals surface area contributed by atoms with Crippen LogP contribution in [0.1, 0.15) is 6.42 Å². The van der Waals surface area contributed by atoms with E-state index >= 15 is 0 Å². The maximum atomic E-state index is 12.7. The Hall–Kier alpha value is -3.27. The lowest BCUT2D eigenvalue weighted by Crippen LogP contribution is -2.30. The Morgan fingerprint density at radius 3 is 2.33 bits per heavy atom.